The third-order valence-corrected chi connectivity index (χ3v) is 9.85. The second kappa shape index (κ2) is 11.2. The van der Waals surface area contributed by atoms with Crippen LogP contribution in [0.4, 0.5) is 10.7 Å². The Balaban J connectivity index is 1.01. The summed E-state index contributed by atoms with van der Waals surface area (Å²) in [6.45, 7) is 6.36. The molecule has 0 aliphatic carbocycles. The number of aromatic nitrogens is 1. The first kappa shape index (κ1) is 27.7. The minimum absolute atomic E-state index is 0.122. The highest BCUT2D eigenvalue weighted by molar-refractivity contribution is 7.18. The van der Waals surface area contributed by atoms with Crippen LogP contribution in [0.2, 0.25) is 5.02 Å². The summed E-state index contributed by atoms with van der Waals surface area (Å²) in [5.74, 6) is 0.721. The molecule has 7 rings (SSSR count). The standard InChI is InChI=1S/C30H34ClN5O5S/c1-30(25-7-6-19(31)15-32-25)40-23-5-3-4-21(27(23)41-30)18-8-11-35(12-9-18)17-26-33-29-22(36(26)16-20-10-13-39-20)14-24(42-29)28(37)34-38-2/h3-7,14-15,18,20,26,33H,8-13,16-17H2,1-2H3,(H,34,37). The number of para-hydroxylation sites is 1. The van der Waals surface area contributed by atoms with Crippen LogP contribution in [0.15, 0.2) is 42.6 Å². The summed E-state index contributed by atoms with van der Waals surface area (Å²) < 4.78 is 18.5. The van der Waals surface area contributed by atoms with Gasteiger partial charge in [0, 0.05) is 38.4 Å². The fourth-order valence-corrected chi connectivity index (χ4v) is 7.37. The number of likely N-dealkylation sites (tertiary alicyclic amines) is 1. The number of carbonyl (C=O) groups excluding carboxylic acids is 1. The zero-order valence-corrected chi connectivity index (χ0v) is 25.2. The fraction of sp³-hybridized carbons (Fsp3) is 0.467. The Hall–Kier alpha value is -3.09. The van der Waals surface area contributed by atoms with E-state index in [9.17, 15) is 4.79 Å². The van der Waals surface area contributed by atoms with E-state index in [-0.39, 0.29) is 18.2 Å². The number of ether oxygens (including phenoxy) is 3. The number of pyridine rings is 1. The molecular weight excluding hydrogens is 578 g/mol. The molecule has 4 aliphatic heterocycles. The first-order chi connectivity index (χ1) is 20.4. The molecule has 12 heteroatoms. The van der Waals surface area contributed by atoms with Crippen molar-refractivity contribution in [2.75, 3.05) is 50.1 Å². The van der Waals surface area contributed by atoms with Crippen molar-refractivity contribution in [3.05, 3.63) is 63.8 Å². The quantitative estimate of drug-likeness (QED) is 0.343. The van der Waals surface area contributed by atoms with Gasteiger partial charge in [0.05, 0.1) is 28.8 Å². The van der Waals surface area contributed by atoms with Gasteiger partial charge in [0.1, 0.15) is 16.9 Å². The van der Waals surface area contributed by atoms with Gasteiger partial charge in [0.25, 0.3) is 11.7 Å². The molecular formula is C30H34ClN5O5S. The summed E-state index contributed by atoms with van der Waals surface area (Å²) in [4.78, 5) is 27.1. The number of hydroxylamine groups is 1. The molecule has 2 N–H and O–H groups in total. The molecule has 0 spiro atoms. The van der Waals surface area contributed by atoms with Crippen molar-refractivity contribution in [3.63, 3.8) is 0 Å². The molecule has 4 aliphatic rings. The fourth-order valence-electron chi connectivity index (χ4n) is 6.26. The lowest BCUT2D eigenvalue weighted by Gasteiger charge is -2.38. The van der Waals surface area contributed by atoms with Crippen LogP contribution < -0.4 is 25.2 Å². The third-order valence-electron chi connectivity index (χ3n) is 8.57. The van der Waals surface area contributed by atoms with E-state index >= 15 is 0 Å². The Bertz CT molecular complexity index is 1460. The van der Waals surface area contributed by atoms with E-state index < -0.39 is 5.79 Å². The molecule has 42 heavy (non-hydrogen) atoms. The Morgan fingerprint density at radius 1 is 1.21 bits per heavy atom. The maximum Gasteiger partial charge on any atom is 0.292 e. The van der Waals surface area contributed by atoms with E-state index in [0.717, 1.165) is 74.2 Å². The molecule has 3 atom stereocenters. The Morgan fingerprint density at radius 3 is 2.76 bits per heavy atom. The summed E-state index contributed by atoms with van der Waals surface area (Å²) in [5.41, 5.74) is 5.36. The minimum atomic E-state index is -0.991. The zero-order valence-electron chi connectivity index (χ0n) is 23.6. The average Bonchev–Trinajstić information content (AvgIpc) is 3.62. The number of rotatable bonds is 8. The van der Waals surface area contributed by atoms with E-state index in [0.29, 0.717) is 21.5 Å². The molecule has 3 aromatic rings. The van der Waals surface area contributed by atoms with E-state index in [4.69, 9.17) is 30.6 Å². The summed E-state index contributed by atoms with van der Waals surface area (Å²) in [6, 6.07) is 11.8. The van der Waals surface area contributed by atoms with Gasteiger partial charge >= 0.3 is 0 Å². The lowest BCUT2D eigenvalue weighted by molar-refractivity contribution is -0.0722. The van der Waals surface area contributed by atoms with Crippen LogP contribution in [0, 0.1) is 0 Å². The number of hydrogen-bond donors (Lipinski definition) is 2. The number of amides is 1. The first-order valence-corrected chi connectivity index (χ1v) is 15.6. The SMILES string of the molecule is CONC(=O)c1cc2c(s1)NC(CN1CCC(c3cccc4c3OC(C)(c3ccc(Cl)cn3)O4)CC1)N2CC1CCO1. The Kier molecular flexibility index (Phi) is 7.39. The third kappa shape index (κ3) is 5.17. The summed E-state index contributed by atoms with van der Waals surface area (Å²) in [5, 5.41) is 5.28. The summed E-state index contributed by atoms with van der Waals surface area (Å²) in [6.07, 6.45) is 5.07. The molecule has 0 bridgehead atoms. The van der Waals surface area contributed by atoms with Crippen LogP contribution in [0.3, 0.4) is 0 Å². The van der Waals surface area contributed by atoms with Gasteiger partial charge in [0.2, 0.25) is 0 Å². The number of nitrogens with one attached hydrogen (secondary N) is 2. The molecule has 10 nitrogen and oxygen atoms in total. The van der Waals surface area contributed by atoms with Crippen LogP contribution in [-0.4, -0.2) is 68.0 Å². The maximum atomic E-state index is 12.4. The monoisotopic (exact) mass is 611 g/mol. The summed E-state index contributed by atoms with van der Waals surface area (Å²) in [7, 11) is 1.44. The van der Waals surface area contributed by atoms with E-state index in [2.05, 4.69) is 31.6 Å². The van der Waals surface area contributed by atoms with Gasteiger partial charge in [-0.3, -0.25) is 19.5 Å². The molecule has 1 amide bonds. The van der Waals surface area contributed by atoms with Crippen molar-refractivity contribution < 1.29 is 23.8 Å². The van der Waals surface area contributed by atoms with Gasteiger partial charge in [0.15, 0.2) is 11.5 Å². The van der Waals surface area contributed by atoms with Crippen molar-refractivity contribution in [1.29, 1.82) is 0 Å². The van der Waals surface area contributed by atoms with Gasteiger partial charge in [-0.05, 0) is 62.5 Å². The van der Waals surface area contributed by atoms with Crippen molar-refractivity contribution in [2.24, 2.45) is 0 Å². The van der Waals surface area contributed by atoms with Crippen molar-refractivity contribution in [2.45, 2.75) is 50.2 Å². The van der Waals surface area contributed by atoms with E-state index in [1.807, 2.05) is 31.2 Å². The molecule has 2 fully saturated rings. The topological polar surface area (TPSA) is 97.4 Å². The van der Waals surface area contributed by atoms with Crippen LogP contribution in [0.5, 0.6) is 11.5 Å². The number of anilines is 2. The van der Waals surface area contributed by atoms with Gasteiger partial charge in [-0.25, -0.2) is 5.48 Å². The predicted octanol–water partition coefficient (Wildman–Crippen LogP) is 4.96. The number of benzene rings is 1. The number of hydrogen-bond acceptors (Lipinski definition) is 10. The molecule has 2 saturated heterocycles. The number of thiophene rings is 1. The predicted molar refractivity (Wildman–Crippen MR) is 161 cm³/mol. The largest absolute Gasteiger partial charge is 0.443 e. The van der Waals surface area contributed by atoms with E-state index in [1.54, 1.807) is 12.3 Å². The average molecular weight is 612 g/mol. The number of halogens is 1. The van der Waals surface area contributed by atoms with Crippen molar-refractivity contribution >= 4 is 39.5 Å². The molecule has 2 aromatic heterocycles. The van der Waals surface area contributed by atoms with Gasteiger partial charge < -0.3 is 24.4 Å². The highest BCUT2D eigenvalue weighted by Crippen LogP contribution is 2.49. The van der Waals surface area contributed by atoms with Crippen molar-refractivity contribution in [1.82, 2.24) is 15.4 Å². The van der Waals surface area contributed by atoms with Crippen LogP contribution in [-0.2, 0) is 15.4 Å². The van der Waals surface area contributed by atoms with Crippen LogP contribution in [0.25, 0.3) is 0 Å². The van der Waals surface area contributed by atoms with E-state index in [1.165, 1.54) is 24.0 Å². The summed E-state index contributed by atoms with van der Waals surface area (Å²) >= 11 is 7.51. The van der Waals surface area contributed by atoms with Gasteiger partial charge in [-0.15, -0.1) is 11.3 Å². The first-order valence-electron chi connectivity index (χ1n) is 14.4. The van der Waals surface area contributed by atoms with Crippen LogP contribution >= 0.6 is 22.9 Å². The Labute approximate surface area is 253 Å². The Morgan fingerprint density at radius 2 is 2.05 bits per heavy atom. The molecule has 0 radical (unpaired) electrons. The second-order valence-electron chi connectivity index (χ2n) is 11.3. The van der Waals surface area contributed by atoms with Gasteiger partial charge in [-0.2, -0.15) is 0 Å². The van der Waals surface area contributed by atoms with Crippen molar-refractivity contribution in [3.8, 4) is 11.5 Å². The lowest BCUT2D eigenvalue weighted by atomic mass is 9.88. The van der Waals surface area contributed by atoms with Gasteiger partial charge in [-0.1, -0.05) is 23.7 Å². The smallest absolute Gasteiger partial charge is 0.292 e. The number of carbonyl (C=O) groups is 1. The van der Waals surface area contributed by atoms with Crippen LogP contribution in [0.1, 0.15) is 53.0 Å². The molecule has 0 saturated carbocycles. The molecule has 222 valence electrons. The molecule has 1 aromatic carbocycles. The molecule has 3 unspecified atom stereocenters. The number of piperidine rings is 1. The zero-order chi connectivity index (χ0) is 28.8. The number of fused-ring (bicyclic) bond motifs is 2. The lowest BCUT2D eigenvalue weighted by Crippen LogP contribution is -2.51. The number of nitrogens with zero attached hydrogens (tertiary/aromatic N) is 3. The maximum absolute atomic E-state index is 12.4. The highest BCUT2D eigenvalue weighted by atomic mass is 35.5. The highest BCUT2D eigenvalue weighted by Gasteiger charge is 2.42. The molecule has 6 heterocycles. The second-order valence-corrected chi connectivity index (χ2v) is 12.8. The normalized spacial score (nSPS) is 25.2. The minimum Gasteiger partial charge on any atom is -0.443 e.